The Balaban J connectivity index is 1.80. The first-order valence-electron chi connectivity index (χ1n) is 6.89. The van der Waals surface area contributed by atoms with E-state index in [1.807, 2.05) is 31.2 Å². The third-order valence-corrected chi connectivity index (χ3v) is 3.60. The summed E-state index contributed by atoms with van der Waals surface area (Å²) in [6, 6.07) is 7.77. The normalized spacial score (nSPS) is 23.1. The maximum Gasteiger partial charge on any atom is 0.250 e. The van der Waals surface area contributed by atoms with Crippen LogP contribution in [0.15, 0.2) is 24.3 Å². The van der Waals surface area contributed by atoms with Crippen LogP contribution in [0.5, 0.6) is 0 Å². The molecule has 1 aromatic rings. The van der Waals surface area contributed by atoms with Gasteiger partial charge in [0.2, 0.25) is 5.91 Å². The van der Waals surface area contributed by atoms with Gasteiger partial charge in [-0.1, -0.05) is 31.0 Å². The Kier molecular flexibility index (Phi) is 4.93. The Morgan fingerprint density at radius 1 is 1.37 bits per heavy atom. The molecule has 104 valence electrons. The van der Waals surface area contributed by atoms with Gasteiger partial charge in [-0.25, -0.2) is 0 Å². The number of nitrogens with one attached hydrogen (secondary N) is 1. The average Bonchev–Trinajstić information content (AvgIpc) is 2.40. The summed E-state index contributed by atoms with van der Waals surface area (Å²) >= 11 is 0. The van der Waals surface area contributed by atoms with Crippen LogP contribution in [0.2, 0.25) is 0 Å². The van der Waals surface area contributed by atoms with Gasteiger partial charge in [-0.15, -0.1) is 0 Å². The summed E-state index contributed by atoms with van der Waals surface area (Å²) < 4.78 is 5.63. The van der Waals surface area contributed by atoms with Crippen molar-refractivity contribution in [3.63, 3.8) is 0 Å². The molecule has 1 saturated carbocycles. The molecule has 1 amide bonds. The molecule has 2 atom stereocenters. The van der Waals surface area contributed by atoms with Gasteiger partial charge in [0, 0.05) is 11.7 Å². The fourth-order valence-electron chi connectivity index (χ4n) is 2.41. The molecule has 1 aliphatic carbocycles. The van der Waals surface area contributed by atoms with Crippen molar-refractivity contribution >= 4 is 11.6 Å². The molecule has 0 bridgehead atoms. The fourth-order valence-corrected chi connectivity index (χ4v) is 2.41. The second-order valence-electron chi connectivity index (χ2n) is 5.16. The molecule has 0 spiro atoms. The van der Waals surface area contributed by atoms with E-state index in [1.165, 1.54) is 0 Å². The average molecular weight is 262 g/mol. The summed E-state index contributed by atoms with van der Waals surface area (Å²) in [5, 5.41) is 2.86. The standard InChI is InChI=1S/C15H22N2O2/c1-11-6-2-4-8-13(11)17-15(18)10-19-14-9-5-3-7-12(14)16/h2,4,6,8,12,14H,3,5,7,9-10,16H2,1H3,(H,17,18). The molecular formula is C15H22N2O2. The van der Waals surface area contributed by atoms with Gasteiger partial charge in [-0.2, -0.15) is 0 Å². The highest BCUT2D eigenvalue weighted by Gasteiger charge is 2.23. The minimum absolute atomic E-state index is 0.0244. The van der Waals surface area contributed by atoms with Crippen molar-refractivity contribution in [3.05, 3.63) is 29.8 Å². The van der Waals surface area contributed by atoms with Crippen molar-refractivity contribution in [2.24, 2.45) is 5.73 Å². The van der Waals surface area contributed by atoms with E-state index in [2.05, 4.69) is 5.32 Å². The van der Waals surface area contributed by atoms with Crippen LogP contribution in [-0.4, -0.2) is 24.7 Å². The molecular weight excluding hydrogens is 240 g/mol. The molecule has 1 aliphatic rings. The molecule has 4 nitrogen and oxygen atoms in total. The predicted octanol–water partition coefficient (Wildman–Crippen LogP) is 2.22. The second kappa shape index (κ2) is 6.68. The summed E-state index contributed by atoms with van der Waals surface area (Å²) in [6.45, 7) is 2.04. The Hall–Kier alpha value is -1.39. The zero-order valence-corrected chi connectivity index (χ0v) is 11.4. The lowest BCUT2D eigenvalue weighted by Gasteiger charge is -2.28. The van der Waals surface area contributed by atoms with Gasteiger partial charge in [0.25, 0.3) is 0 Å². The van der Waals surface area contributed by atoms with E-state index in [9.17, 15) is 4.79 Å². The first-order chi connectivity index (χ1) is 9.16. The van der Waals surface area contributed by atoms with Gasteiger partial charge in [0.05, 0.1) is 6.10 Å². The van der Waals surface area contributed by atoms with Gasteiger partial charge in [-0.3, -0.25) is 4.79 Å². The molecule has 1 aromatic carbocycles. The van der Waals surface area contributed by atoms with Crippen LogP contribution in [0.1, 0.15) is 31.2 Å². The third kappa shape index (κ3) is 4.04. The summed E-state index contributed by atoms with van der Waals surface area (Å²) in [5.41, 5.74) is 7.87. The molecule has 0 heterocycles. The van der Waals surface area contributed by atoms with Gasteiger partial charge in [0.15, 0.2) is 0 Å². The van der Waals surface area contributed by atoms with Crippen molar-refractivity contribution in [2.75, 3.05) is 11.9 Å². The largest absolute Gasteiger partial charge is 0.367 e. The number of hydrogen-bond donors (Lipinski definition) is 2. The number of nitrogens with two attached hydrogens (primary N) is 1. The van der Waals surface area contributed by atoms with Crippen LogP contribution < -0.4 is 11.1 Å². The molecule has 0 radical (unpaired) electrons. The number of rotatable bonds is 4. The van der Waals surface area contributed by atoms with E-state index < -0.39 is 0 Å². The van der Waals surface area contributed by atoms with Gasteiger partial charge >= 0.3 is 0 Å². The monoisotopic (exact) mass is 262 g/mol. The molecule has 0 aromatic heterocycles. The molecule has 19 heavy (non-hydrogen) atoms. The maximum absolute atomic E-state index is 11.8. The molecule has 0 saturated heterocycles. The summed E-state index contributed by atoms with van der Waals surface area (Å²) in [6.07, 6.45) is 4.27. The molecule has 2 unspecified atom stereocenters. The number of aryl methyl sites for hydroxylation is 1. The molecule has 4 heteroatoms. The zero-order chi connectivity index (χ0) is 13.7. The summed E-state index contributed by atoms with van der Waals surface area (Å²) in [7, 11) is 0. The van der Waals surface area contributed by atoms with E-state index >= 15 is 0 Å². The van der Waals surface area contributed by atoms with Crippen LogP contribution >= 0.6 is 0 Å². The van der Waals surface area contributed by atoms with E-state index in [4.69, 9.17) is 10.5 Å². The fraction of sp³-hybridized carbons (Fsp3) is 0.533. The third-order valence-electron chi connectivity index (χ3n) is 3.60. The number of para-hydroxylation sites is 1. The Morgan fingerprint density at radius 3 is 2.84 bits per heavy atom. The number of amides is 1. The smallest absolute Gasteiger partial charge is 0.250 e. The van der Waals surface area contributed by atoms with Gasteiger partial charge in [-0.05, 0) is 31.4 Å². The van der Waals surface area contributed by atoms with Gasteiger partial charge < -0.3 is 15.8 Å². The number of anilines is 1. The number of ether oxygens (including phenoxy) is 1. The predicted molar refractivity (Wildman–Crippen MR) is 76.0 cm³/mol. The van der Waals surface area contributed by atoms with E-state index in [1.54, 1.807) is 0 Å². The Bertz CT molecular complexity index is 434. The topological polar surface area (TPSA) is 64.3 Å². The highest BCUT2D eigenvalue weighted by molar-refractivity contribution is 5.92. The maximum atomic E-state index is 11.8. The van der Waals surface area contributed by atoms with Crippen LogP contribution in [0.25, 0.3) is 0 Å². The first-order valence-corrected chi connectivity index (χ1v) is 6.89. The van der Waals surface area contributed by atoms with E-state index in [0.29, 0.717) is 0 Å². The lowest BCUT2D eigenvalue weighted by molar-refractivity contribution is -0.123. The van der Waals surface area contributed by atoms with Crippen molar-refractivity contribution in [2.45, 2.75) is 44.8 Å². The second-order valence-corrected chi connectivity index (χ2v) is 5.16. The highest BCUT2D eigenvalue weighted by atomic mass is 16.5. The lowest BCUT2D eigenvalue weighted by Crippen LogP contribution is -2.40. The first kappa shape index (κ1) is 14.0. The van der Waals surface area contributed by atoms with Crippen molar-refractivity contribution in [3.8, 4) is 0 Å². The molecule has 0 aliphatic heterocycles. The molecule has 1 fully saturated rings. The summed E-state index contributed by atoms with van der Waals surface area (Å²) in [5.74, 6) is -0.118. The van der Waals surface area contributed by atoms with Crippen LogP contribution in [0.4, 0.5) is 5.69 Å². The Labute approximate surface area is 114 Å². The van der Waals surface area contributed by atoms with Gasteiger partial charge in [0.1, 0.15) is 6.61 Å². The molecule has 3 N–H and O–H groups in total. The SMILES string of the molecule is Cc1ccccc1NC(=O)COC1CCCCC1N. The minimum atomic E-state index is -0.118. The van der Waals surface area contributed by atoms with Crippen LogP contribution in [0.3, 0.4) is 0 Å². The number of carbonyl (C=O) groups excluding carboxylic acids is 1. The zero-order valence-electron chi connectivity index (χ0n) is 11.4. The number of hydrogen-bond acceptors (Lipinski definition) is 3. The minimum Gasteiger partial charge on any atom is -0.367 e. The van der Waals surface area contributed by atoms with E-state index in [0.717, 1.165) is 36.9 Å². The van der Waals surface area contributed by atoms with Crippen LogP contribution in [0, 0.1) is 6.92 Å². The van der Waals surface area contributed by atoms with Crippen molar-refractivity contribution < 1.29 is 9.53 Å². The lowest BCUT2D eigenvalue weighted by atomic mass is 9.93. The summed E-state index contributed by atoms with van der Waals surface area (Å²) in [4.78, 5) is 11.8. The van der Waals surface area contributed by atoms with Crippen molar-refractivity contribution in [1.82, 2.24) is 0 Å². The Morgan fingerprint density at radius 2 is 2.11 bits per heavy atom. The molecule has 2 rings (SSSR count). The quantitative estimate of drug-likeness (QED) is 0.874. The highest BCUT2D eigenvalue weighted by Crippen LogP contribution is 2.19. The van der Waals surface area contributed by atoms with Crippen LogP contribution in [-0.2, 0) is 9.53 Å². The van der Waals surface area contributed by atoms with E-state index in [-0.39, 0.29) is 24.7 Å². The van der Waals surface area contributed by atoms with Crippen molar-refractivity contribution in [1.29, 1.82) is 0 Å². The number of carbonyl (C=O) groups is 1. The number of benzene rings is 1.